The molecule has 0 saturated carbocycles. The molecule has 242 valence electrons. The molecule has 2 aliphatic heterocycles. The van der Waals surface area contributed by atoms with E-state index in [4.69, 9.17) is 4.74 Å². The number of rotatable bonds is 11. The highest BCUT2D eigenvalue weighted by Crippen LogP contribution is 2.58. The number of amides is 3. The fourth-order valence-electron chi connectivity index (χ4n) is 7.43. The Bertz CT molecular complexity index is 1740. The van der Waals surface area contributed by atoms with Crippen molar-refractivity contribution in [3.63, 3.8) is 0 Å². The van der Waals surface area contributed by atoms with E-state index in [-0.39, 0.29) is 25.5 Å². The molecule has 0 bridgehead atoms. The van der Waals surface area contributed by atoms with Gasteiger partial charge in [0.25, 0.3) is 5.91 Å². The largest absolute Gasteiger partial charge is 0.396 e. The van der Waals surface area contributed by atoms with Gasteiger partial charge in [0.2, 0.25) is 12.8 Å². The lowest BCUT2D eigenvalue weighted by atomic mass is 9.71. The number of benzene rings is 4. The monoisotopic (exact) mass is 633 g/mol. The van der Waals surface area contributed by atoms with E-state index in [0.29, 0.717) is 28.3 Å². The molecule has 0 aromatic heterocycles. The van der Waals surface area contributed by atoms with Gasteiger partial charge in [0, 0.05) is 46.8 Å². The van der Waals surface area contributed by atoms with E-state index in [0.717, 1.165) is 24.1 Å². The average Bonchev–Trinajstić information content (AvgIpc) is 3.50. The van der Waals surface area contributed by atoms with Gasteiger partial charge in [-0.15, -0.1) is 0 Å². The maximum Gasteiger partial charge on any atom is 0.264 e. The molecular formula is C38H39N3O6. The van der Waals surface area contributed by atoms with E-state index in [1.807, 2.05) is 110 Å². The maximum atomic E-state index is 14.8. The normalized spacial score (nSPS) is 21.9. The number of ether oxygens (including phenoxy) is 1. The van der Waals surface area contributed by atoms with Crippen molar-refractivity contribution in [2.45, 2.75) is 51.0 Å². The lowest BCUT2D eigenvalue weighted by molar-refractivity contribution is -0.146. The third kappa shape index (κ3) is 5.60. The highest BCUT2D eigenvalue weighted by Gasteiger charge is 2.65. The number of anilines is 5. The van der Waals surface area contributed by atoms with Gasteiger partial charge in [-0.2, -0.15) is 0 Å². The van der Waals surface area contributed by atoms with Crippen molar-refractivity contribution in [3.8, 4) is 0 Å². The molecule has 0 radical (unpaired) electrons. The zero-order valence-electron chi connectivity index (χ0n) is 26.7. The Hall–Kier alpha value is -4.83. The van der Waals surface area contributed by atoms with Gasteiger partial charge < -0.3 is 19.8 Å². The van der Waals surface area contributed by atoms with Gasteiger partial charge in [0.05, 0.1) is 23.9 Å². The van der Waals surface area contributed by atoms with Crippen LogP contribution >= 0.6 is 0 Å². The number of aliphatic hydroxyl groups excluding tert-OH is 1. The summed E-state index contributed by atoms with van der Waals surface area (Å²) in [5, 5.41) is 21.2. The maximum absolute atomic E-state index is 14.8. The quantitative estimate of drug-likeness (QED) is 0.202. The van der Waals surface area contributed by atoms with Gasteiger partial charge in [-0.25, -0.2) is 0 Å². The van der Waals surface area contributed by atoms with Crippen molar-refractivity contribution in [3.05, 3.63) is 114 Å². The molecule has 0 aliphatic carbocycles. The van der Waals surface area contributed by atoms with Crippen LogP contribution in [0.2, 0.25) is 0 Å². The number of para-hydroxylation sites is 2. The number of nitrogens with zero attached hydrogens (tertiary/aromatic N) is 3. The van der Waals surface area contributed by atoms with E-state index in [1.165, 1.54) is 4.90 Å². The van der Waals surface area contributed by atoms with Crippen LogP contribution in [0.3, 0.4) is 0 Å². The van der Waals surface area contributed by atoms with Crippen LogP contribution in [0.25, 0.3) is 0 Å². The molecule has 9 heteroatoms. The summed E-state index contributed by atoms with van der Waals surface area (Å²) in [5.41, 5.74) is 2.10. The average molecular weight is 634 g/mol. The van der Waals surface area contributed by atoms with Crippen LogP contribution in [0.15, 0.2) is 103 Å². The zero-order valence-corrected chi connectivity index (χ0v) is 26.7. The fourth-order valence-corrected chi connectivity index (χ4v) is 7.43. The minimum Gasteiger partial charge on any atom is -0.396 e. The standard InChI is InChI=1S/C38H39N3O6/c1-26-35(37(2,3)46)34(20-21-42)47-38(26)32-22-31(41(25-44)29-12-8-5-9-13-29)18-19-33(32)39(36(38)45)23-27-14-16-30(17-15-27)40(24-43)28-10-6-4-7-11-28/h4-19,22,24-26,34-35,42,46H,20-21,23H2,1-3H3/t26-,34+,35-,38+/m1/s1. The third-order valence-electron chi connectivity index (χ3n) is 9.49. The van der Waals surface area contributed by atoms with Crippen molar-refractivity contribution in [1.82, 2.24) is 0 Å². The molecule has 2 heterocycles. The molecule has 4 aromatic carbocycles. The van der Waals surface area contributed by atoms with Crippen molar-refractivity contribution in [2.75, 3.05) is 21.3 Å². The number of fused-ring (bicyclic) bond motifs is 2. The SMILES string of the molecule is C[C@@H]1[C@@H](C(C)(C)O)[C@H](CCO)O[C@@]12C(=O)N(Cc1ccc(N(C=O)c3ccccc3)cc1)c1ccc(N(C=O)c3ccccc3)cc12. The molecule has 6 rings (SSSR count). The van der Waals surface area contributed by atoms with Crippen LogP contribution in [0.4, 0.5) is 28.4 Å². The van der Waals surface area contributed by atoms with Crippen molar-refractivity contribution in [1.29, 1.82) is 0 Å². The summed E-state index contributed by atoms with van der Waals surface area (Å²) in [6.45, 7) is 5.39. The van der Waals surface area contributed by atoms with E-state index in [2.05, 4.69) is 0 Å². The Labute approximate surface area is 274 Å². The molecule has 0 unspecified atom stereocenters. The predicted molar refractivity (Wildman–Crippen MR) is 181 cm³/mol. The summed E-state index contributed by atoms with van der Waals surface area (Å²) in [7, 11) is 0. The molecule has 3 amide bonds. The van der Waals surface area contributed by atoms with Crippen LogP contribution in [0.5, 0.6) is 0 Å². The van der Waals surface area contributed by atoms with Gasteiger partial charge in [-0.3, -0.25) is 24.2 Å². The van der Waals surface area contributed by atoms with E-state index >= 15 is 0 Å². The second-order valence-corrected chi connectivity index (χ2v) is 12.8. The first-order chi connectivity index (χ1) is 22.6. The first kappa shape index (κ1) is 32.1. The number of hydrogen-bond donors (Lipinski definition) is 2. The van der Waals surface area contributed by atoms with Crippen LogP contribution < -0.4 is 14.7 Å². The number of aliphatic hydroxyl groups is 2. The highest BCUT2D eigenvalue weighted by molar-refractivity contribution is 6.08. The first-order valence-electron chi connectivity index (χ1n) is 15.8. The van der Waals surface area contributed by atoms with Crippen molar-refractivity contribution in [2.24, 2.45) is 11.8 Å². The molecule has 1 fully saturated rings. The fraction of sp³-hybridized carbons (Fsp3) is 0.289. The Morgan fingerprint density at radius 1 is 0.830 bits per heavy atom. The van der Waals surface area contributed by atoms with E-state index in [1.54, 1.807) is 23.6 Å². The predicted octanol–water partition coefficient (Wildman–Crippen LogP) is 5.82. The van der Waals surface area contributed by atoms with Crippen molar-refractivity contribution < 1.29 is 29.3 Å². The highest BCUT2D eigenvalue weighted by atomic mass is 16.5. The summed E-state index contributed by atoms with van der Waals surface area (Å²) in [6.07, 6.45) is 1.18. The summed E-state index contributed by atoms with van der Waals surface area (Å²) in [6, 6.07) is 31.5. The second kappa shape index (κ2) is 12.8. The Morgan fingerprint density at radius 3 is 1.89 bits per heavy atom. The lowest BCUT2D eigenvalue weighted by Gasteiger charge is -2.34. The minimum atomic E-state index is -1.46. The van der Waals surface area contributed by atoms with E-state index in [9.17, 15) is 24.6 Å². The van der Waals surface area contributed by atoms with E-state index < -0.39 is 29.1 Å². The summed E-state index contributed by atoms with van der Waals surface area (Å²) < 4.78 is 6.73. The zero-order chi connectivity index (χ0) is 33.3. The van der Waals surface area contributed by atoms with Gasteiger partial charge in [-0.05, 0) is 80.4 Å². The van der Waals surface area contributed by atoms with Gasteiger partial charge in [0.15, 0.2) is 5.60 Å². The lowest BCUT2D eigenvalue weighted by Crippen LogP contribution is -2.46. The Balaban J connectivity index is 1.42. The Kier molecular flexibility index (Phi) is 8.72. The van der Waals surface area contributed by atoms with Crippen LogP contribution in [0.1, 0.15) is 38.3 Å². The van der Waals surface area contributed by atoms with Crippen LogP contribution in [-0.4, -0.2) is 47.3 Å². The topological polar surface area (TPSA) is 111 Å². The van der Waals surface area contributed by atoms with Gasteiger partial charge >= 0.3 is 0 Å². The van der Waals surface area contributed by atoms with Crippen LogP contribution in [-0.2, 0) is 31.3 Å². The molecule has 1 spiro atoms. The summed E-state index contributed by atoms with van der Waals surface area (Å²) in [4.78, 5) is 43.9. The van der Waals surface area contributed by atoms with Crippen LogP contribution in [0, 0.1) is 11.8 Å². The summed E-state index contributed by atoms with van der Waals surface area (Å²) >= 11 is 0. The molecule has 4 aromatic rings. The number of carbonyl (C=O) groups excluding carboxylic acids is 3. The third-order valence-corrected chi connectivity index (χ3v) is 9.49. The number of carbonyl (C=O) groups is 3. The Morgan fingerprint density at radius 2 is 1.36 bits per heavy atom. The second-order valence-electron chi connectivity index (χ2n) is 12.8. The summed E-state index contributed by atoms with van der Waals surface area (Å²) in [5.74, 6) is -1.20. The number of hydrogen-bond acceptors (Lipinski definition) is 6. The molecule has 9 nitrogen and oxygen atoms in total. The first-order valence-corrected chi connectivity index (χ1v) is 15.8. The minimum absolute atomic E-state index is 0.162. The van der Waals surface area contributed by atoms with Gasteiger partial charge in [-0.1, -0.05) is 55.5 Å². The molecule has 1 saturated heterocycles. The molecule has 2 N–H and O–H groups in total. The molecular weight excluding hydrogens is 594 g/mol. The van der Waals surface area contributed by atoms with Crippen molar-refractivity contribution >= 4 is 47.2 Å². The molecule has 4 atom stereocenters. The smallest absolute Gasteiger partial charge is 0.264 e. The molecule has 2 aliphatic rings. The van der Waals surface area contributed by atoms with Gasteiger partial charge in [0.1, 0.15) is 0 Å². The molecule has 47 heavy (non-hydrogen) atoms.